The van der Waals surface area contributed by atoms with Crippen LogP contribution in [-0.4, -0.2) is 34.8 Å². The summed E-state index contributed by atoms with van der Waals surface area (Å²) >= 11 is 0. The minimum Gasteiger partial charge on any atom is -0.352 e. The number of aromatic nitrogens is 1. The summed E-state index contributed by atoms with van der Waals surface area (Å²) < 4.78 is 0. The summed E-state index contributed by atoms with van der Waals surface area (Å²) in [5, 5.41) is 2.84. The molecule has 2 amide bonds. The molecule has 0 aromatic carbocycles. The molecule has 21 heavy (non-hydrogen) atoms. The molecule has 0 unspecified atom stereocenters. The Morgan fingerprint density at radius 2 is 2.10 bits per heavy atom. The quantitative estimate of drug-likeness (QED) is 0.796. The van der Waals surface area contributed by atoms with Crippen LogP contribution in [0.25, 0.3) is 0 Å². The first-order valence-corrected chi connectivity index (χ1v) is 7.40. The molecule has 0 fully saturated rings. The standard InChI is InChI=1S/C16H25N3O2/c1-13(2)6-9-19(14(3)20)10-7-16(21)18-12-15-5-4-8-17-11-15/h4-5,8,11,13H,6-7,9-10,12H2,1-3H3,(H,18,21). The van der Waals surface area contributed by atoms with Gasteiger partial charge in [0.2, 0.25) is 11.8 Å². The van der Waals surface area contributed by atoms with E-state index in [9.17, 15) is 9.59 Å². The predicted molar refractivity (Wildman–Crippen MR) is 82.4 cm³/mol. The van der Waals surface area contributed by atoms with E-state index in [4.69, 9.17) is 0 Å². The summed E-state index contributed by atoms with van der Waals surface area (Å²) in [6.07, 6.45) is 4.71. The van der Waals surface area contributed by atoms with E-state index in [2.05, 4.69) is 24.1 Å². The van der Waals surface area contributed by atoms with Gasteiger partial charge < -0.3 is 10.2 Å². The number of pyridine rings is 1. The summed E-state index contributed by atoms with van der Waals surface area (Å²) in [5.74, 6) is 0.525. The maximum atomic E-state index is 11.8. The second kappa shape index (κ2) is 9.10. The molecule has 0 saturated heterocycles. The van der Waals surface area contributed by atoms with Crippen LogP contribution in [0.2, 0.25) is 0 Å². The van der Waals surface area contributed by atoms with E-state index in [0.717, 1.165) is 12.0 Å². The Labute approximate surface area is 126 Å². The van der Waals surface area contributed by atoms with Gasteiger partial charge in [-0.25, -0.2) is 0 Å². The fourth-order valence-electron chi connectivity index (χ4n) is 1.87. The molecule has 5 nitrogen and oxygen atoms in total. The van der Waals surface area contributed by atoms with Crippen LogP contribution >= 0.6 is 0 Å². The van der Waals surface area contributed by atoms with Crippen molar-refractivity contribution in [2.45, 2.75) is 40.2 Å². The highest BCUT2D eigenvalue weighted by Gasteiger charge is 2.11. The number of hydrogen-bond acceptors (Lipinski definition) is 3. The van der Waals surface area contributed by atoms with Gasteiger partial charge >= 0.3 is 0 Å². The molecule has 0 bridgehead atoms. The monoisotopic (exact) mass is 291 g/mol. The first-order valence-electron chi connectivity index (χ1n) is 7.40. The summed E-state index contributed by atoms with van der Waals surface area (Å²) in [7, 11) is 0. The maximum absolute atomic E-state index is 11.8. The minimum atomic E-state index is -0.0466. The number of carbonyl (C=O) groups is 2. The van der Waals surface area contributed by atoms with Crippen molar-refractivity contribution in [3.05, 3.63) is 30.1 Å². The Hall–Kier alpha value is -1.91. The van der Waals surface area contributed by atoms with Gasteiger partial charge in [-0.3, -0.25) is 14.6 Å². The minimum absolute atomic E-state index is 0.0238. The van der Waals surface area contributed by atoms with E-state index in [1.807, 2.05) is 12.1 Å². The lowest BCUT2D eigenvalue weighted by atomic mass is 10.1. The highest BCUT2D eigenvalue weighted by atomic mass is 16.2. The van der Waals surface area contributed by atoms with Crippen LogP contribution in [0.1, 0.15) is 39.2 Å². The second-order valence-electron chi connectivity index (χ2n) is 5.58. The lowest BCUT2D eigenvalue weighted by Crippen LogP contribution is -2.34. The van der Waals surface area contributed by atoms with E-state index in [1.165, 1.54) is 0 Å². The Balaban J connectivity index is 2.31. The zero-order chi connectivity index (χ0) is 15.7. The summed E-state index contributed by atoms with van der Waals surface area (Å²) in [6, 6.07) is 3.75. The van der Waals surface area contributed by atoms with Crippen LogP contribution in [0.5, 0.6) is 0 Å². The van der Waals surface area contributed by atoms with Gasteiger partial charge in [0.15, 0.2) is 0 Å². The number of rotatable bonds is 8. The van der Waals surface area contributed by atoms with Gasteiger partial charge in [-0.05, 0) is 24.0 Å². The zero-order valence-corrected chi connectivity index (χ0v) is 13.1. The Morgan fingerprint density at radius 1 is 1.33 bits per heavy atom. The topological polar surface area (TPSA) is 62.3 Å². The van der Waals surface area contributed by atoms with Crippen molar-refractivity contribution in [2.24, 2.45) is 5.92 Å². The van der Waals surface area contributed by atoms with E-state index >= 15 is 0 Å². The van der Waals surface area contributed by atoms with E-state index in [-0.39, 0.29) is 11.8 Å². The molecule has 0 aliphatic carbocycles. The number of amides is 2. The number of nitrogens with zero attached hydrogens (tertiary/aromatic N) is 2. The lowest BCUT2D eigenvalue weighted by Gasteiger charge is -2.21. The van der Waals surface area contributed by atoms with Crippen molar-refractivity contribution in [1.29, 1.82) is 0 Å². The smallest absolute Gasteiger partial charge is 0.222 e. The number of nitrogens with one attached hydrogen (secondary N) is 1. The molecule has 0 atom stereocenters. The Bertz CT molecular complexity index is 446. The fraction of sp³-hybridized carbons (Fsp3) is 0.562. The molecule has 0 aliphatic rings. The molecule has 0 aliphatic heterocycles. The normalized spacial score (nSPS) is 10.5. The van der Waals surface area contributed by atoms with Crippen LogP contribution in [0.3, 0.4) is 0 Å². The lowest BCUT2D eigenvalue weighted by molar-refractivity contribution is -0.129. The molecule has 116 valence electrons. The van der Waals surface area contributed by atoms with Gasteiger partial charge in [0.1, 0.15) is 0 Å². The van der Waals surface area contributed by atoms with Gasteiger partial charge in [0, 0.05) is 45.4 Å². The molecular weight excluding hydrogens is 266 g/mol. The van der Waals surface area contributed by atoms with Crippen LogP contribution in [0.15, 0.2) is 24.5 Å². The molecule has 1 rings (SSSR count). The van der Waals surface area contributed by atoms with Crippen molar-refractivity contribution in [2.75, 3.05) is 13.1 Å². The first kappa shape index (κ1) is 17.1. The Kier molecular flexibility index (Phi) is 7.43. The Morgan fingerprint density at radius 3 is 2.67 bits per heavy atom. The average Bonchev–Trinajstić information content (AvgIpc) is 2.45. The molecular formula is C16H25N3O2. The molecule has 5 heteroatoms. The SMILES string of the molecule is CC(=O)N(CCC(=O)NCc1cccnc1)CCC(C)C. The van der Waals surface area contributed by atoms with Gasteiger partial charge in [-0.2, -0.15) is 0 Å². The summed E-state index contributed by atoms with van der Waals surface area (Å²) in [5.41, 5.74) is 0.967. The average molecular weight is 291 g/mol. The molecule has 1 N–H and O–H groups in total. The molecule has 0 saturated carbocycles. The molecule has 1 aromatic rings. The number of carbonyl (C=O) groups excluding carboxylic acids is 2. The highest BCUT2D eigenvalue weighted by Crippen LogP contribution is 2.03. The zero-order valence-electron chi connectivity index (χ0n) is 13.1. The van der Waals surface area contributed by atoms with Crippen molar-refractivity contribution in [1.82, 2.24) is 15.2 Å². The maximum Gasteiger partial charge on any atom is 0.222 e. The first-order chi connectivity index (χ1) is 9.99. The van der Waals surface area contributed by atoms with Gasteiger partial charge in [0.25, 0.3) is 0 Å². The van der Waals surface area contributed by atoms with Gasteiger partial charge in [-0.1, -0.05) is 19.9 Å². The third-order valence-electron chi connectivity index (χ3n) is 3.24. The van der Waals surface area contributed by atoms with Crippen LogP contribution < -0.4 is 5.32 Å². The van der Waals surface area contributed by atoms with Crippen molar-refractivity contribution in [3.63, 3.8) is 0 Å². The van der Waals surface area contributed by atoms with E-state index in [1.54, 1.807) is 24.2 Å². The molecule has 1 heterocycles. The number of hydrogen-bond donors (Lipinski definition) is 1. The highest BCUT2D eigenvalue weighted by molar-refractivity contribution is 5.77. The van der Waals surface area contributed by atoms with E-state index in [0.29, 0.717) is 32.0 Å². The van der Waals surface area contributed by atoms with Crippen molar-refractivity contribution < 1.29 is 9.59 Å². The van der Waals surface area contributed by atoms with Crippen LogP contribution in [-0.2, 0) is 16.1 Å². The summed E-state index contributed by atoms with van der Waals surface area (Å²) in [4.78, 5) is 29.1. The molecule has 1 aromatic heterocycles. The van der Waals surface area contributed by atoms with Crippen LogP contribution in [0, 0.1) is 5.92 Å². The van der Waals surface area contributed by atoms with Crippen LogP contribution in [0.4, 0.5) is 0 Å². The van der Waals surface area contributed by atoms with Gasteiger partial charge in [0.05, 0.1) is 0 Å². The second-order valence-corrected chi connectivity index (χ2v) is 5.58. The third-order valence-corrected chi connectivity index (χ3v) is 3.24. The molecule has 0 spiro atoms. The van der Waals surface area contributed by atoms with Crippen molar-refractivity contribution >= 4 is 11.8 Å². The largest absolute Gasteiger partial charge is 0.352 e. The van der Waals surface area contributed by atoms with Crippen molar-refractivity contribution in [3.8, 4) is 0 Å². The van der Waals surface area contributed by atoms with Gasteiger partial charge in [-0.15, -0.1) is 0 Å². The van der Waals surface area contributed by atoms with E-state index < -0.39 is 0 Å². The fourth-order valence-corrected chi connectivity index (χ4v) is 1.87. The third kappa shape index (κ3) is 7.44. The predicted octanol–water partition coefficient (Wildman–Crippen LogP) is 1.98. The summed E-state index contributed by atoms with van der Waals surface area (Å²) in [6.45, 7) is 7.45. The molecule has 0 radical (unpaired) electrons.